The molecule has 0 radical (unpaired) electrons. The smallest absolute Gasteiger partial charge is 0.321 e. The highest BCUT2D eigenvalue weighted by atomic mass is 32.1. The van der Waals surface area contributed by atoms with Gasteiger partial charge in [-0.05, 0) is 37.3 Å². The Morgan fingerprint density at radius 1 is 1.11 bits per heavy atom. The third kappa shape index (κ3) is 5.11. The average molecular weight is 381 g/mol. The molecule has 138 valence electrons. The number of urea groups is 1. The van der Waals surface area contributed by atoms with Crippen LogP contribution in [0, 0.1) is 6.92 Å². The Hall–Kier alpha value is -3.26. The van der Waals surface area contributed by atoms with E-state index in [1.165, 1.54) is 0 Å². The van der Waals surface area contributed by atoms with Crippen LogP contribution in [0.5, 0.6) is 0 Å². The topological polar surface area (TPSA) is 87.2 Å². The number of hydrogen-bond donors (Lipinski definition) is 2. The summed E-state index contributed by atoms with van der Waals surface area (Å²) in [7, 11) is 1.72. The van der Waals surface area contributed by atoms with Gasteiger partial charge in [0.2, 0.25) is 0 Å². The van der Waals surface area contributed by atoms with Gasteiger partial charge in [0, 0.05) is 47.5 Å². The fourth-order valence-corrected chi connectivity index (χ4v) is 3.23. The first-order valence-electron chi connectivity index (χ1n) is 8.26. The Kier molecular flexibility index (Phi) is 5.77. The second kappa shape index (κ2) is 8.41. The molecule has 0 saturated carbocycles. The van der Waals surface area contributed by atoms with Crippen molar-refractivity contribution in [2.45, 2.75) is 13.5 Å². The molecule has 0 atom stereocenters. The molecule has 3 rings (SSSR count). The van der Waals surface area contributed by atoms with E-state index in [2.05, 4.69) is 20.6 Å². The molecule has 0 spiro atoms. The number of aryl methyl sites for hydroxylation is 1. The Bertz CT molecular complexity index is 942. The van der Waals surface area contributed by atoms with Crippen molar-refractivity contribution in [2.75, 3.05) is 17.7 Å². The fraction of sp³-hybridized carbons (Fsp3) is 0.158. The van der Waals surface area contributed by atoms with Crippen LogP contribution in [0.4, 0.5) is 16.2 Å². The van der Waals surface area contributed by atoms with E-state index in [0.29, 0.717) is 23.5 Å². The number of rotatable bonds is 5. The quantitative estimate of drug-likeness (QED) is 0.704. The number of aromatic nitrogens is 2. The van der Waals surface area contributed by atoms with E-state index >= 15 is 0 Å². The second-order valence-electron chi connectivity index (χ2n) is 5.90. The van der Waals surface area contributed by atoms with Gasteiger partial charge in [0.25, 0.3) is 5.91 Å². The Balaban J connectivity index is 1.61. The molecule has 0 aliphatic rings. The van der Waals surface area contributed by atoms with Crippen LogP contribution in [0.1, 0.15) is 20.2 Å². The van der Waals surface area contributed by atoms with Crippen molar-refractivity contribution in [3.63, 3.8) is 0 Å². The minimum Gasteiger partial charge on any atom is -0.322 e. The fourth-order valence-electron chi connectivity index (χ4n) is 2.38. The predicted octanol–water partition coefficient (Wildman–Crippen LogP) is 3.76. The van der Waals surface area contributed by atoms with Gasteiger partial charge in [-0.2, -0.15) is 0 Å². The number of carbonyl (C=O) groups is 2. The molecule has 0 aliphatic carbocycles. The number of nitrogens with one attached hydrogen (secondary N) is 2. The van der Waals surface area contributed by atoms with Crippen LogP contribution in [0.15, 0.2) is 55.0 Å². The molecule has 0 fully saturated rings. The van der Waals surface area contributed by atoms with E-state index in [4.69, 9.17) is 0 Å². The number of hydrogen-bond acceptors (Lipinski definition) is 5. The van der Waals surface area contributed by atoms with E-state index in [0.717, 1.165) is 9.88 Å². The lowest BCUT2D eigenvalue weighted by Gasteiger charge is -2.17. The zero-order valence-electron chi connectivity index (χ0n) is 15.0. The van der Waals surface area contributed by atoms with Crippen molar-refractivity contribution in [3.05, 3.63) is 70.4 Å². The lowest BCUT2D eigenvalue weighted by Crippen LogP contribution is -2.30. The predicted molar refractivity (Wildman–Crippen MR) is 106 cm³/mol. The molecule has 0 unspecified atom stereocenters. The standard InChI is InChI=1S/C19H19N5O2S/c1-13-21-11-17(27-13)12-24(2)19(26)23-16-5-3-4-15(10-16)22-18(25)14-6-8-20-9-7-14/h3-11H,12H2,1-2H3,(H,22,25)(H,23,26). The van der Waals surface area contributed by atoms with E-state index in [-0.39, 0.29) is 11.9 Å². The first kappa shape index (κ1) is 18.5. The highest BCUT2D eigenvalue weighted by molar-refractivity contribution is 7.11. The van der Waals surface area contributed by atoms with Crippen LogP contribution in [-0.2, 0) is 6.54 Å². The average Bonchev–Trinajstić information content (AvgIpc) is 3.07. The lowest BCUT2D eigenvalue weighted by molar-refractivity contribution is 0.102. The van der Waals surface area contributed by atoms with Gasteiger partial charge in [-0.25, -0.2) is 9.78 Å². The molecule has 0 bridgehead atoms. The van der Waals surface area contributed by atoms with Gasteiger partial charge in [-0.1, -0.05) is 6.07 Å². The summed E-state index contributed by atoms with van der Waals surface area (Å²) >= 11 is 1.56. The summed E-state index contributed by atoms with van der Waals surface area (Å²) in [6.07, 6.45) is 4.90. The van der Waals surface area contributed by atoms with Crippen LogP contribution in [-0.4, -0.2) is 33.9 Å². The molecule has 0 aliphatic heterocycles. The minimum atomic E-state index is -0.237. The van der Waals surface area contributed by atoms with Crippen LogP contribution < -0.4 is 10.6 Å². The van der Waals surface area contributed by atoms with Gasteiger partial charge in [-0.3, -0.25) is 9.78 Å². The highest BCUT2D eigenvalue weighted by Crippen LogP contribution is 2.18. The number of anilines is 2. The van der Waals surface area contributed by atoms with Gasteiger partial charge in [0.05, 0.1) is 11.6 Å². The number of thiazole rings is 1. The number of benzene rings is 1. The van der Waals surface area contributed by atoms with Crippen molar-refractivity contribution < 1.29 is 9.59 Å². The molecular weight excluding hydrogens is 362 g/mol. The van der Waals surface area contributed by atoms with Crippen molar-refractivity contribution in [1.82, 2.24) is 14.9 Å². The summed E-state index contributed by atoms with van der Waals surface area (Å²) in [5, 5.41) is 6.61. The third-order valence-electron chi connectivity index (χ3n) is 3.72. The molecule has 27 heavy (non-hydrogen) atoms. The summed E-state index contributed by atoms with van der Waals surface area (Å²) in [5.41, 5.74) is 1.70. The highest BCUT2D eigenvalue weighted by Gasteiger charge is 2.12. The number of amides is 3. The van der Waals surface area contributed by atoms with E-state index in [1.807, 2.05) is 6.92 Å². The number of nitrogens with zero attached hydrogens (tertiary/aromatic N) is 3. The number of pyridine rings is 1. The van der Waals surface area contributed by atoms with Crippen LogP contribution in [0.3, 0.4) is 0 Å². The summed E-state index contributed by atoms with van der Waals surface area (Å²) < 4.78 is 0. The van der Waals surface area contributed by atoms with Gasteiger partial charge in [0.1, 0.15) is 0 Å². The molecule has 1 aromatic carbocycles. The Morgan fingerprint density at radius 3 is 2.48 bits per heavy atom. The largest absolute Gasteiger partial charge is 0.322 e. The zero-order chi connectivity index (χ0) is 19.2. The maximum Gasteiger partial charge on any atom is 0.321 e. The van der Waals surface area contributed by atoms with Crippen molar-refractivity contribution >= 4 is 34.6 Å². The third-order valence-corrected chi connectivity index (χ3v) is 4.62. The van der Waals surface area contributed by atoms with Crippen molar-refractivity contribution in [1.29, 1.82) is 0 Å². The van der Waals surface area contributed by atoms with E-state index in [9.17, 15) is 9.59 Å². The minimum absolute atomic E-state index is 0.237. The molecule has 7 nitrogen and oxygen atoms in total. The second-order valence-corrected chi connectivity index (χ2v) is 7.22. The molecule has 8 heteroatoms. The Morgan fingerprint density at radius 2 is 1.81 bits per heavy atom. The normalized spacial score (nSPS) is 10.3. The molecule has 0 saturated heterocycles. The zero-order valence-corrected chi connectivity index (χ0v) is 15.8. The molecule has 2 heterocycles. The van der Waals surface area contributed by atoms with E-state index < -0.39 is 0 Å². The summed E-state index contributed by atoms with van der Waals surface area (Å²) in [4.78, 5) is 35.3. The Labute approximate surface area is 161 Å². The first-order chi connectivity index (χ1) is 13.0. The van der Waals surface area contributed by atoms with Crippen molar-refractivity contribution in [2.24, 2.45) is 0 Å². The van der Waals surface area contributed by atoms with Crippen LogP contribution >= 0.6 is 11.3 Å². The van der Waals surface area contributed by atoms with Gasteiger partial charge >= 0.3 is 6.03 Å². The van der Waals surface area contributed by atoms with E-state index in [1.54, 1.807) is 78.3 Å². The monoisotopic (exact) mass is 381 g/mol. The molecule has 2 aromatic heterocycles. The summed E-state index contributed by atoms with van der Waals surface area (Å²) in [6.45, 7) is 2.41. The molecule has 3 aromatic rings. The molecular formula is C19H19N5O2S. The first-order valence-corrected chi connectivity index (χ1v) is 9.08. The summed E-state index contributed by atoms with van der Waals surface area (Å²) in [5.74, 6) is -0.237. The maximum atomic E-state index is 12.4. The lowest BCUT2D eigenvalue weighted by atomic mass is 10.2. The number of carbonyl (C=O) groups excluding carboxylic acids is 2. The van der Waals surface area contributed by atoms with Gasteiger partial charge in [0.15, 0.2) is 0 Å². The SMILES string of the molecule is Cc1ncc(CN(C)C(=O)Nc2cccc(NC(=O)c3ccncc3)c2)s1. The molecule has 2 N–H and O–H groups in total. The summed E-state index contributed by atoms with van der Waals surface area (Å²) in [6, 6.07) is 10.0. The van der Waals surface area contributed by atoms with Gasteiger partial charge in [-0.15, -0.1) is 11.3 Å². The molecule has 3 amide bonds. The van der Waals surface area contributed by atoms with Crippen LogP contribution in [0.2, 0.25) is 0 Å². The van der Waals surface area contributed by atoms with Crippen LogP contribution in [0.25, 0.3) is 0 Å². The van der Waals surface area contributed by atoms with Crippen molar-refractivity contribution in [3.8, 4) is 0 Å². The van der Waals surface area contributed by atoms with Gasteiger partial charge < -0.3 is 15.5 Å². The maximum absolute atomic E-state index is 12.4.